The Labute approximate surface area is 351 Å². The van der Waals surface area contributed by atoms with Crippen molar-refractivity contribution in [2.75, 3.05) is 36.0 Å². The Kier molecular flexibility index (Phi) is 9.44. The average molecular weight is 872 g/mol. The fraction of sp³-hybridized carbons (Fsp3) is 0.279. The number of piperazine rings is 1. The van der Waals surface area contributed by atoms with E-state index in [0.717, 1.165) is 35.5 Å². The average Bonchev–Trinajstić information content (AvgIpc) is 4.07. The van der Waals surface area contributed by atoms with Gasteiger partial charge in [0.2, 0.25) is 5.91 Å². The first-order chi connectivity index (χ1) is 29.7. The number of amides is 2. The van der Waals surface area contributed by atoms with E-state index >= 15 is 8.78 Å². The highest BCUT2D eigenvalue weighted by molar-refractivity contribution is 7.22. The van der Waals surface area contributed by atoms with Crippen molar-refractivity contribution in [3.8, 4) is 11.1 Å². The van der Waals surface area contributed by atoms with Crippen LogP contribution in [-0.4, -0.2) is 62.7 Å². The molecule has 2 N–H and O–H groups in total. The Morgan fingerprint density at radius 1 is 0.952 bits per heavy atom. The first-order valence-electron chi connectivity index (χ1n) is 19.6. The number of pyridine rings is 2. The number of fused-ring (bicyclic) bond motifs is 5. The molecule has 1 fully saturated rings. The Hall–Kier alpha value is -6.59. The SMILES string of the molecule is O=C(Cn1nc(C(F)(F)F)c2c1C(F)(F)[C@@H]1C=C=C[C@H]21)N[C@@H](Cc1cc(F)cc(F)c1)c1nc2nc(N3CCN(c4ccncc4)CC3)sc2cc1-c1ccc2c(c1)C(=O)NC2. The molecule has 0 radical (unpaired) electrons. The van der Waals surface area contributed by atoms with E-state index in [9.17, 15) is 31.5 Å². The topological polar surface area (TPSA) is 121 Å². The molecule has 6 heterocycles. The third-order valence-electron chi connectivity index (χ3n) is 11.7. The Morgan fingerprint density at radius 3 is 2.44 bits per heavy atom. The van der Waals surface area contributed by atoms with Crippen molar-refractivity contribution >= 4 is 44.3 Å². The first-order valence-corrected chi connectivity index (χ1v) is 20.4. The van der Waals surface area contributed by atoms with Gasteiger partial charge in [-0.1, -0.05) is 23.5 Å². The maximum absolute atomic E-state index is 15.9. The molecule has 3 atom stereocenters. The zero-order valence-electron chi connectivity index (χ0n) is 32.2. The summed E-state index contributed by atoms with van der Waals surface area (Å²) < 4.78 is 105. The van der Waals surface area contributed by atoms with Gasteiger partial charge >= 0.3 is 6.18 Å². The molecule has 2 aliphatic carbocycles. The number of carbonyl (C=O) groups excluding carboxylic acids is 2. The summed E-state index contributed by atoms with van der Waals surface area (Å²) in [5, 5.41) is 9.69. The monoisotopic (exact) mass is 871 g/mol. The van der Waals surface area contributed by atoms with Crippen molar-refractivity contribution in [3.63, 3.8) is 0 Å². The van der Waals surface area contributed by atoms with Crippen molar-refractivity contribution in [1.82, 2.24) is 35.4 Å². The van der Waals surface area contributed by atoms with E-state index in [0.29, 0.717) is 70.0 Å². The zero-order valence-corrected chi connectivity index (χ0v) is 33.0. The summed E-state index contributed by atoms with van der Waals surface area (Å²) in [4.78, 5) is 45.2. The molecule has 6 aromatic rings. The lowest BCUT2D eigenvalue weighted by molar-refractivity contribution is -0.142. The summed E-state index contributed by atoms with van der Waals surface area (Å²) >= 11 is 1.38. The lowest BCUT2D eigenvalue weighted by Gasteiger charge is -2.35. The van der Waals surface area contributed by atoms with Gasteiger partial charge in [0, 0.05) is 79.5 Å². The molecule has 0 saturated carbocycles. The van der Waals surface area contributed by atoms with E-state index < -0.39 is 71.0 Å². The molecule has 10 rings (SSSR count). The number of alkyl halides is 5. The number of carbonyl (C=O) groups is 2. The Balaban J connectivity index is 1.05. The van der Waals surface area contributed by atoms with Crippen LogP contribution in [0.5, 0.6) is 0 Å². The van der Waals surface area contributed by atoms with Crippen molar-refractivity contribution < 1.29 is 40.3 Å². The zero-order chi connectivity index (χ0) is 43.1. The van der Waals surface area contributed by atoms with Crippen LogP contribution in [-0.2, 0) is 36.4 Å². The van der Waals surface area contributed by atoms with Crippen LogP contribution in [0.4, 0.5) is 41.6 Å². The molecule has 4 aromatic heterocycles. The predicted molar refractivity (Wildman–Crippen MR) is 214 cm³/mol. The number of hydrogen-bond donors (Lipinski definition) is 2. The van der Waals surface area contributed by atoms with Crippen LogP contribution in [0.25, 0.3) is 21.5 Å². The lowest BCUT2D eigenvalue weighted by Crippen LogP contribution is -2.46. The van der Waals surface area contributed by atoms with Crippen molar-refractivity contribution in [1.29, 1.82) is 0 Å². The summed E-state index contributed by atoms with van der Waals surface area (Å²) in [6, 6.07) is 12.4. The van der Waals surface area contributed by atoms with Gasteiger partial charge in [0.25, 0.3) is 11.8 Å². The lowest BCUT2D eigenvalue weighted by atomic mass is 9.93. The Bertz CT molecular complexity index is 2850. The fourth-order valence-electron chi connectivity index (χ4n) is 8.83. The quantitative estimate of drug-likeness (QED) is 0.114. The molecular weight excluding hydrogens is 840 g/mol. The summed E-state index contributed by atoms with van der Waals surface area (Å²) in [7, 11) is 0. The number of halogens is 7. The van der Waals surface area contributed by atoms with Crippen LogP contribution in [0.2, 0.25) is 0 Å². The van der Waals surface area contributed by atoms with Crippen LogP contribution in [0, 0.1) is 17.6 Å². The number of benzene rings is 2. The second kappa shape index (κ2) is 14.8. The van der Waals surface area contributed by atoms with Gasteiger partial charge < -0.3 is 20.4 Å². The minimum atomic E-state index is -5.11. The molecule has 4 aliphatic rings. The van der Waals surface area contributed by atoms with Crippen LogP contribution in [0.15, 0.2) is 84.9 Å². The minimum absolute atomic E-state index is 0.0808. The van der Waals surface area contributed by atoms with Crippen molar-refractivity contribution in [2.45, 2.75) is 43.6 Å². The molecule has 2 aliphatic heterocycles. The van der Waals surface area contributed by atoms with Gasteiger partial charge in [-0.25, -0.2) is 13.8 Å². The molecule has 19 heteroatoms. The van der Waals surface area contributed by atoms with Gasteiger partial charge in [-0.2, -0.15) is 32.0 Å². The molecule has 1 saturated heterocycles. The van der Waals surface area contributed by atoms with Gasteiger partial charge in [0.05, 0.1) is 22.4 Å². The molecule has 0 spiro atoms. The van der Waals surface area contributed by atoms with Gasteiger partial charge in [0.1, 0.15) is 23.9 Å². The summed E-state index contributed by atoms with van der Waals surface area (Å²) in [6.07, 6.45) is 0.203. The van der Waals surface area contributed by atoms with Crippen LogP contribution >= 0.6 is 11.3 Å². The van der Waals surface area contributed by atoms with Gasteiger partial charge in [-0.05, 0) is 71.7 Å². The first kappa shape index (κ1) is 39.5. The number of rotatable bonds is 9. The van der Waals surface area contributed by atoms with Crippen LogP contribution in [0.3, 0.4) is 0 Å². The Morgan fingerprint density at radius 2 is 1.69 bits per heavy atom. The largest absolute Gasteiger partial charge is 0.435 e. The van der Waals surface area contributed by atoms with E-state index in [-0.39, 0.29) is 29.2 Å². The van der Waals surface area contributed by atoms with E-state index in [4.69, 9.17) is 9.97 Å². The van der Waals surface area contributed by atoms with Crippen molar-refractivity contribution in [2.24, 2.45) is 5.92 Å². The van der Waals surface area contributed by atoms with Gasteiger partial charge in [0.15, 0.2) is 16.5 Å². The van der Waals surface area contributed by atoms with Crippen LogP contribution < -0.4 is 20.4 Å². The summed E-state index contributed by atoms with van der Waals surface area (Å²) in [5.41, 5.74) is 2.82. The van der Waals surface area contributed by atoms with E-state index in [2.05, 4.69) is 36.2 Å². The molecule has 0 unspecified atom stereocenters. The molecule has 316 valence electrons. The highest BCUT2D eigenvalue weighted by Gasteiger charge is 2.60. The number of nitrogens with one attached hydrogen (secondary N) is 2. The van der Waals surface area contributed by atoms with Gasteiger partial charge in [-0.3, -0.25) is 19.3 Å². The maximum Gasteiger partial charge on any atom is 0.435 e. The molecular formula is C43H32F7N9O2S. The number of hydrogen-bond acceptors (Lipinski definition) is 9. The third kappa shape index (κ3) is 6.94. The number of aromatic nitrogens is 5. The van der Waals surface area contributed by atoms with Crippen molar-refractivity contribution in [3.05, 3.63) is 136 Å². The molecule has 2 aromatic carbocycles. The van der Waals surface area contributed by atoms with E-state index in [1.165, 1.54) is 11.3 Å². The third-order valence-corrected chi connectivity index (χ3v) is 12.7. The summed E-state index contributed by atoms with van der Waals surface area (Å²) in [5.74, 6) is -9.95. The van der Waals surface area contributed by atoms with Crippen LogP contribution in [0.1, 0.15) is 56.1 Å². The molecule has 62 heavy (non-hydrogen) atoms. The minimum Gasteiger partial charge on any atom is -0.368 e. The summed E-state index contributed by atoms with van der Waals surface area (Å²) in [6.45, 7) is 1.92. The number of anilines is 2. The molecule has 11 nitrogen and oxygen atoms in total. The fourth-order valence-corrected chi connectivity index (χ4v) is 9.83. The second-order valence-corrected chi connectivity index (χ2v) is 16.5. The predicted octanol–water partition coefficient (Wildman–Crippen LogP) is 7.45. The van der Waals surface area contributed by atoms with E-state index in [1.807, 2.05) is 12.1 Å². The molecule has 2 amide bonds. The van der Waals surface area contributed by atoms with E-state index in [1.54, 1.807) is 36.7 Å². The second-order valence-electron chi connectivity index (χ2n) is 15.5. The normalized spacial score (nSPS) is 19.2. The highest BCUT2D eigenvalue weighted by Crippen LogP contribution is 2.58. The standard InChI is InChI=1S/C43H32F7N9O2S/c44-25-14-22(15-26(45)18-25)16-32(53-34(60)21-59-38-35(37(56-59)43(48,49)50)28-2-1-3-31(28)42(38,46)47)36-29(23-4-5-24-20-52-40(61)30(24)17-23)19-33-39(54-36)55-41(62-33)58-12-10-57(11-13-58)27-6-8-51-9-7-27/h2-9,14-15,17-19,28,31-32H,10-13,16,20-21H2,(H,52,61)(H,53,60)/t28-,31+,32-/m0/s1. The molecule has 0 bridgehead atoms. The maximum atomic E-state index is 15.9. The number of thiazole rings is 1. The van der Waals surface area contributed by atoms with Gasteiger partial charge in [-0.15, -0.1) is 5.73 Å². The number of allylic oxidation sites excluding steroid dienone is 1. The highest BCUT2D eigenvalue weighted by atomic mass is 32.1. The number of nitrogens with zero attached hydrogens (tertiary/aromatic N) is 7. The smallest absolute Gasteiger partial charge is 0.368 e.